The molecule has 2 aliphatic rings. The number of carbonyl (C=O) groups is 1. The lowest BCUT2D eigenvalue weighted by molar-refractivity contribution is -0.124. The summed E-state index contributed by atoms with van der Waals surface area (Å²) in [6, 6.07) is 0.551. The first-order chi connectivity index (χ1) is 8.67. The number of carbonyl (C=O) groups excluding carboxylic acids is 1. The Labute approximate surface area is 117 Å². The highest BCUT2D eigenvalue weighted by Gasteiger charge is 2.59. The van der Waals surface area contributed by atoms with E-state index in [4.69, 9.17) is 0 Å². The van der Waals surface area contributed by atoms with Crippen molar-refractivity contribution >= 4 is 5.91 Å². The molecule has 0 aromatic rings. The van der Waals surface area contributed by atoms with E-state index in [-0.39, 0.29) is 18.0 Å². The van der Waals surface area contributed by atoms with Gasteiger partial charge in [-0.1, -0.05) is 20.8 Å². The Hall–Kier alpha value is -0.570. The van der Waals surface area contributed by atoms with E-state index in [2.05, 4.69) is 31.4 Å². The van der Waals surface area contributed by atoms with Crippen LogP contribution in [0.5, 0.6) is 0 Å². The van der Waals surface area contributed by atoms with E-state index in [1.165, 1.54) is 19.3 Å². The summed E-state index contributed by atoms with van der Waals surface area (Å²) >= 11 is 0. The summed E-state index contributed by atoms with van der Waals surface area (Å²) < 4.78 is 0. The van der Waals surface area contributed by atoms with Crippen molar-refractivity contribution in [3.63, 3.8) is 0 Å². The van der Waals surface area contributed by atoms with Crippen molar-refractivity contribution in [1.82, 2.24) is 10.6 Å². The Morgan fingerprint density at radius 3 is 2.32 bits per heavy atom. The van der Waals surface area contributed by atoms with E-state index >= 15 is 0 Å². The van der Waals surface area contributed by atoms with Crippen molar-refractivity contribution in [3.05, 3.63) is 0 Å². The van der Waals surface area contributed by atoms with E-state index in [1.807, 2.05) is 20.8 Å². The maximum absolute atomic E-state index is 12.1. The van der Waals surface area contributed by atoms with Gasteiger partial charge in [0.2, 0.25) is 5.91 Å². The van der Waals surface area contributed by atoms with Crippen LogP contribution in [0.1, 0.15) is 60.8 Å². The molecule has 0 aliphatic heterocycles. The van der Waals surface area contributed by atoms with Gasteiger partial charge in [0.1, 0.15) is 0 Å². The topological polar surface area (TPSA) is 41.1 Å². The summed E-state index contributed by atoms with van der Waals surface area (Å²) in [4.78, 5) is 12.1. The van der Waals surface area contributed by atoms with E-state index < -0.39 is 0 Å². The molecule has 2 rings (SSSR count). The number of fused-ring (bicyclic) bond motifs is 2. The lowest BCUT2D eigenvalue weighted by atomic mass is 9.68. The summed E-state index contributed by atoms with van der Waals surface area (Å²) in [6.07, 6.45) is 3.97. The Morgan fingerprint density at radius 1 is 1.21 bits per heavy atom. The molecular formula is C16H30N2O. The average Bonchev–Trinajstić information content (AvgIpc) is 2.74. The normalized spacial score (nSPS) is 37.6. The lowest BCUT2D eigenvalue weighted by Crippen LogP contribution is -2.57. The van der Waals surface area contributed by atoms with Crippen LogP contribution in [0, 0.1) is 16.7 Å². The molecular weight excluding hydrogens is 236 g/mol. The van der Waals surface area contributed by atoms with Crippen LogP contribution in [0.25, 0.3) is 0 Å². The van der Waals surface area contributed by atoms with Gasteiger partial charge >= 0.3 is 0 Å². The van der Waals surface area contributed by atoms with Gasteiger partial charge in [-0.3, -0.25) is 4.79 Å². The van der Waals surface area contributed by atoms with Crippen molar-refractivity contribution in [3.8, 4) is 0 Å². The van der Waals surface area contributed by atoms with Gasteiger partial charge in [-0.05, 0) is 56.8 Å². The SMILES string of the molecule is CC(C)NC(=O)C(C)NC1C2(C)CCC(C2)C1(C)C. The molecule has 3 heteroatoms. The molecule has 0 heterocycles. The van der Waals surface area contributed by atoms with Crippen molar-refractivity contribution < 1.29 is 4.79 Å². The van der Waals surface area contributed by atoms with Crippen molar-refractivity contribution in [2.24, 2.45) is 16.7 Å². The minimum Gasteiger partial charge on any atom is -0.353 e. The molecule has 0 aromatic carbocycles. The largest absolute Gasteiger partial charge is 0.353 e. The van der Waals surface area contributed by atoms with Gasteiger partial charge in [0.05, 0.1) is 6.04 Å². The van der Waals surface area contributed by atoms with Gasteiger partial charge in [0, 0.05) is 12.1 Å². The van der Waals surface area contributed by atoms with Crippen molar-refractivity contribution in [2.45, 2.75) is 78.9 Å². The van der Waals surface area contributed by atoms with Crippen LogP contribution in [-0.2, 0) is 4.79 Å². The third-order valence-corrected chi connectivity index (χ3v) is 5.51. The number of amides is 1. The molecule has 0 saturated heterocycles. The zero-order chi connectivity index (χ0) is 14.4. The van der Waals surface area contributed by atoms with Crippen LogP contribution in [0.3, 0.4) is 0 Å². The first-order valence-corrected chi connectivity index (χ1v) is 7.73. The standard InChI is InChI=1S/C16H30N2O/c1-10(2)17-13(19)11(3)18-14-15(4,5)12-7-8-16(14,6)9-12/h10-12,14,18H,7-9H2,1-6H3,(H,17,19). The third kappa shape index (κ3) is 2.54. The van der Waals surface area contributed by atoms with Gasteiger partial charge in [0.25, 0.3) is 0 Å². The third-order valence-electron chi connectivity index (χ3n) is 5.51. The number of hydrogen-bond donors (Lipinski definition) is 2. The van der Waals surface area contributed by atoms with Crippen molar-refractivity contribution in [1.29, 1.82) is 0 Å². The molecule has 110 valence electrons. The first kappa shape index (κ1) is 14.8. The minimum atomic E-state index is -0.108. The second-order valence-corrected chi connectivity index (χ2v) is 7.90. The van der Waals surface area contributed by atoms with Gasteiger partial charge < -0.3 is 10.6 Å². The molecule has 2 saturated carbocycles. The molecule has 2 bridgehead atoms. The van der Waals surface area contributed by atoms with Crippen LogP contribution < -0.4 is 10.6 Å². The molecule has 2 N–H and O–H groups in total. The van der Waals surface area contributed by atoms with Crippen LogP contribution in [0.15, 0.2) is 0 Å². The van der Waals surface area contributed by atoms with Crippen LogP contribution in [0.4, 0.5) is 0 Å². The summed E-state index contributed by atoms with van der Waals surface area (Å²) in [5, 5.41) is 6.63. The average molecular weight is 266 g/mol. The van der Waals surface area contributed by atoms with E-state index in [0.29, 0.717) is 16.9 Å². The Kier molecular flexibility index (Phi) is 3.72. The molecule has 0 spiro atoms. The minimum absolute atomic E-state index is 0.108. The number of hydrogen-bond acceptors (Lipinski definition) is 2. The predicted octanol–water partition coefficient (Wildman–Crippen LogP) is 2.70. The Bertz CT molecular complexity index is 359. The fraction of sp³-hybridized carbons (Fsp3) is 0.938. The first-order valence-electron chi connectivity index (χ1n) is 7.73. The summed E-state index contributed by atoms with van der Waals surface area (Å²) in [5.74, 6) is 0.938. The number of nitrogens with one attached hydrogen (secondary N) is 2. The molecule has 0 radical (unpaired) electrons. The van der Waals surface area contributed by atoms with Crippen molar-refractivity contribution in [2.75, 3.05) is 0 Å². The lowest BCUT2D eigenvalue weighted by Gasteiger charge is -2.44. The smallest absolute Gasteiger partial charge is 0.237 e. The van der Waals surface area contributed by atoms with Gasteiger partial charge in [-0.15, -0.1) is 0 Å². The maximum Gasteiger partial charge on any atom is 0.237 e. The van der Waals surface area contributed by atoms with Crippen LogP contribution >= 0.6 is 0 Å². The second-order valence-electron chi connectivity index (χ2n) is 7.90. The highest BCUT2D eigenvalue weighted by molar-refractivity contribution is 5.81. The summed E-state index contributed by atoms with van der Waals surface area (Å²) in [5.41, 5.74) is 0.680. The maximum atomic E-state index is 12.1. The molecule has 1 amide bonds. The van der Waals surface area contributed by atoms with Gasteiger partial charge in [-0.2, -0.15) is 0 Å². The molecule has 2 fully saturated rings. The molecule has 4 atom stereocenters. The zero-order valence-corrected chi connectivity index (χ0v) is 13.3. The van der Waals surface area contributed by atoms with E-state index in [1.54, 1.807) is 0 Å². The van der Waals surface area contributed by atoms with Crippen LogP contribution in [0.2, 0.25) is 0 Å². The highest BCUT2D eigenvalue weighted by atomic mass is 16.2. The summed E-state index contributed by atoms with van der Waals surface area (Å²) in [7, 11) is 0. The molecule has 2 aliphatic carbocycles. The molecule has 4 unspecified atom stereocenters. The predicted molar refractivity (Wildman–Crippen MR) is 78.9 cm³/mol. The van der Waals surface area contributed by atoms with Crippen LogP contribution in [-0.4, -0.2) is 24.0 Å². The second kappa shape index (κ2) is 4.76. The monoisotopic (exact) mass is 266 g/mol. The zero-order valence-electron chi connectivity index (χ0n) is 13.3. The summed E-state index contributed by atoms with van der Waals surface area (Å²) in [6.45, 7) is 13.1. The molecule has 0 aromatic heterocycles. The fourth-order valence-electron chi connectivity index (χ4n) is 4.45. The highest BCUT2D eigenvalue weighted by Crippen LogP contribution is 2.62. The Balaban J connectivity index is 2.04. The Morgan fingerprint density at radius 2 is 1.84 bits per heavy atom. The molecule has 3 nitrogen and oxygen atoms in total. The fourth-order valence-corrected chi connectivity index (χ4v) is 4.45. The quantitative estimate of drug-likeness (QED) is 0.821. The van der Waals surface area contributed by atoms with E-state index in [9.17, 15) is 4.79 Å². The van der Waals surface area contributed by atoms with Gasteiger partial charge in [0.15, 0.2) is 0 Å². The van der Waals surface area contributed by atoms with Gasteiger partial charge in [-0.25, -0.2) is 0 Å². The molecule has 19 heavy (non-hydrogen) atoms. The van der Waals surface area contributed by atoms with E-state index in [0.717, 1.165) is 5.92 Å². The number of rotatable bonds is 4.